The Bertz CT molecular complexity index is 600. The first-order chi connectivity index (χ1) is 8.47. The molecule has 0 saturated carbocycles. The molecular formula is C12H17N3O3. The van der Waals surface area contributed by atoms with Crippen LogP contribution in [0.1, 0.15) is 13.8 Å². The number of fused-ring (bicyclic) bond motifs is 1. The number of aromatic amines is 1. The number of H-pyrrole nitrogens is 1. The van der Waals surface area contributed by atoms with Crippen LogP contribution in [0.15, 0.2) is 21.3 Å². The zero-order valence-corrected chi connectivity index (χ0v) is 10.4. The third kappa shape index (κ3) is 2.48. The van der Waals surface area contributed by atoms with E-state index < -0.39 is 11.9 Å². The van der Waals surface area contributed by atoms with Gasteiger partial charge in [0, 0.05) is 12.6 Å². The molecule has 0 radical (unpaired) electrons. The molecule has 0 aliphatic heterocycles. The summed E-state index contributed by atoms with van der Waals surface area (Å²) in [4.78, 5) is 13.6. The Hall–Kier alpha value is -1.95. The summed E-state index contributed by atoms with van der Waals surface area (Å²) in [5, 5.41) is 12.8. The first-order valence-corrected chi connectivity index (χ1v) is 5.81. The first-order valence-electron chi connectivity index (χ1n) is 5.81. The summed E-state index contributed by atoms with van der Waals surface area (Å²) < 4.78 is 4.90. The van der Waals surface area contributed by atoms with Crippen molar-refractivity contribution in [3.05, 3.63) is 22.7 Å². The smallest absolute Gasteiger partial charge is 0.408 e. The van der Waals surface area contributed by atoms with Gasteiger partial charge in [-0.25, -0.2) is 4.79 Å². The molecule has 1 unspecified atom stereocenters. The van der Waals surface area contributed by atoms with Gasteiger partial charge in [-0.3, -0.25) is 4.98 Å². The van der Waals surface area contributed by atoms with E-state index >= 15 is 0 Å². The highest BCUT2D eigenvalue weighted by molar-refractivity contribution is 5.85. The van der Waals surface area contributed by atoms with E-state index in [1.165, 1.54) is 0 Å². The maximum Gasteiger partial charge on any atom is 0.417 e. The van der Waals surface area contributed by atoms with Crippen LogP contribution in [0.4, 0.5) is 11.4 Å². The zero-order chi connectivity index (χ0) is 13.3. The van der Waals surface area contributed by atoms with Crippen LogP contribution < -0.4 is 16.8 Å². The Kier molecular flexibility index (Phi) is 3.29. The highest BCUT2D eigenvalue weighted by atomic mass is 16.4. The lowest BCUT2D eigenvalue weighted by molar-refractivity contribution is 0.138. The van der Waals surface area contributed by atoms with E-state index in [0.717, 1.165) is 0 Å². The minimum absolute atomic E-state index is 0.163. The van der Waals surface area contributed by atoms with Gasteiger partial charge in [0.25, 0.3) is 0 Å². The number of hydrogen-bond donors (Lipinski definition) is 4. The van der Waals surface area contributed by atoms with E-state index in [2.05, 4.69) is 10.3 Å². The van der Waals surface area contributed by atoms with Gasteiger partial charge >= 0.3 is 5.76 Å². The summed E-state index contributed by atoms with van der Waals surface area (Å²) >= 11 is 0. The minimum Gasteiger partial charge on any atom is -0.408 e. The van der Waals surface area contributed by atoms with Gasteiger partial charge in [0.1, 0.15) is 0 Å². The Morgan fingerprint density at radius 1 is 1.50 bits per heavy atom. The highest BCUT2D eigenvalue weighted by Gasteiger charge is 2.11. The van der Waals surface area contributed by atoms with Crippen LogP contribution >= 0.6 is 0 Å². The molecule has 1 atom stereocenters. The fourth-order valence-electron chi connectivity index (χ4n) is 1.62. The second-order valence-corrected chi connectivity index (χ2v) is 4.64. The number of aromatic nitrogens is 1. The summed E-state index contributed by atoms with van der Waals surface area (Å²) in [6, 6.07) is 3.28. The molecule has 18 heavy (non-hydrogen) atoms. The monoisotopic (exact) mass is 251 g/mol. The van der Waals surface area contributed by atoms with Crippen molar-refractivity contribution in [1.82, 2.24) is 4.98 Å². The predicted molar refractivity (Wildman–Crippen MR) is 70.6 cm³/mol. The fourth-order valence-corrected chi connectivity index (χ4v) is 1.62. The zero-order valence-electron chi connectivity index (χ0n) is 10.4. The van der Waals surface area contributed by atoms with Crippen LogP contribution in [0, 0.1) is 5.92 Å². The van der Waals surface area contributed by atoms with Crippen molar-refractivity contribution in [1.29, 1.82) is 0 Å². The summed E-state index contributed by atoms with van der Waals surface area (Å²) in [6.07, 6.45) is -0.455. The number of benzene rings is 1. The van der Waals surface area contributed by atoms with Crippen molar-refractivity contribution in [2.24, 2.45) is 5.92 Å². The number of anilines is 2. The van der Waals surface area contributed by atoms with Crippen molar-refractivity contribution in [3.63, 3.8) is 0 Å². The summed E-state index contributed by atoms with van der Waals surface area (Å²) in [7, 11) is 0. The Balaban J connectivity index is 2.22. The quantitative estimate of drug-likeness (QED) is 0.610. The van der Waals surface area contributed by atoms with Crippen LogP contribution in [-0.2, 0) is 0 Å². The summed E-state index contributed by atoms with van der Waals surface area (Å²) in [6.45, 7) is 4.27. The number of nitrogens with one attached hydrogen (secondary N) is 2. The van der Waals surface area contributed by atoms with Crippen molar-refractivity contribution < 1.29 is 9.52 Å². The van der Waals surface area contributed by atoms with E-state index in [0.29, 0.717) is 29.0 Å². The predicted octanol–water partition coefficient (Wildman–Crippen LogP) is 1.13. The molecule has 0 aliphatic rings. The minimum atomic E-state index is -0.510. The molecule has 98 valence electrons. The Morgan fingerprint density at radius 2 is 2.22 bits per heavy atom. The molecule has 6 heteroatoms. The maximum atomic E-state index is 11.0. The molecule has 0 amide bonds. The molecule has 0 aliphatic carbocycles. The van der Waals surface area contributed by atoms with Gasteiger partial charge in [-0.2, -0.15) is 0 Å². The lowest BCUT2D eigenvalue weighted by atomic mass is 10.1. The number of rotatable bonds is 4. The Morgan fingerprint density at radius 3 is 2.89 bits per heavy atom. The van der Waals surface area contributed by atoms with Crippen molar-refractivity contribution in [2.45, 2.75) is 20.0 Å². The maximum absolute atomic E-state index is 11.0. The topological polar surface area (TPSA) is 104 Å². The fraction of sp³-hybridized carbons (Fsp3) is 0.417. The van der Waals surface area contributed by atoms with Gasteiger partial charge in [0.15, 0.2) is 5.58 Å². The van der Waals surface area contributed by atoms with E-state index in [4.69, 9.17) is 10.2 Å². The van der Waals surface area contributed by atoms with E-state index in [-0.39, 0.29) is 5.92 Å². The molecule has 0 fully saturated rings. The van der Waals surface area contributed by atoms with Gasteiger partial charge < -0.3 is 20.6 Å². The summed E-state index contributed by atoms with van der Waals surface area (Å²) in [5.74, 6) is -0.347. The molecule has 0 spiro atoms. The van der Waals surface area contributed by atoms with Crippen molar-refractivity contribution >= 4 is 22.5 Å². The normalized spacial score (nSPS) is 13.1. The van der Waals surface area contributed by atoms with Crippen LogP contribution in [0.3, 0.4) is 0 Å². The molecule has 0 saturated heterocycles. The van der Waals surface area contributed by atoms with Gasteiger partial charge in [0.2, 0.25) is 0 Å². The molecule has 0 bridgehead atoms. The highest BCUT2D eigenvalue weighted by Crippen LogP contribution is 2.24. The lowest BCUT2D eigenvalue weighted by Gasteiger charge is -2.16. The molecular weight excluding hydrogens is 234 g/mol. The molecule has 6 nitrogen and oxygen atoms in total. The van der Waals surface area contributed by atoms with Crippen LogP contribution in [0.5, 0.6) is 0 Å². The number of aliphatic hydroxyl groups excluding tert-OH is 1. The van der Waals surface area contributed by atoms with Gasteiger partial charge in [-0.1, -0.05) is 13.8 Å². The van der Waals surface area contributed by atoms with Crippen LogP contribution in [0.2, 0.25) is 0 Å². The molecule has 1 aromatic carbocycles. The number of hydrogen-bond acceptors (Lipinski definition) is 5. The van der Waals surface area contributed by atoms with Crippen molar-refractivity contribution in [2.75, 3.05) is 17.6 Å². The second-order valence-electron chi connectivity index (χ2n) is 4.64. The number of oxazole rings is 1. The average molecular weight is 251 g/mol. The lowest BCUT2D eigenvalue weighted by Crippen LogP contribution is -2.25. The largest absolute Gasteiger partial charge is 0.417 e. The van der Waals surface area contributed by atoms with Gasteiger partial charge in [-0.05, 0) is 12.0 Å². The number of aliphatic hydroxyl groups is 1. The number of nitrogen functional groups attached to an aromatic ring is 1. The molecule has 2 aromatic rings. The molecule has 1 heterocycles. The molecule has 5 N–H and O–H groups in total. The Labute approximate surface area is 104 Å². The van der Waals surface area contributed by atoms with E-state index in [1.54, 1.807) is 12.1 Å². The number of nitrogens with two attached hydrogens (primary N) is 1. The van der Waals surface area contributed by atoms with E-state index in [1.807, 2.05) is 13.8 Å². The van der Waals surface area contributed by atoms with Gasteiger partial charge in [0.05, 0.1) is 23.0 Å². The van der Waals surface area contributed by atoms with Crippen LogP contribution in [-0.4, -0.2) is 22.7 Å². The van der Waals surface area contributed by atoms with E-state index in [9.17, 15) is 9.90 Å². The third-order valence-corrected chi connectivity index (χ3v) is 2.86. The molecule has 1 aromatic heterocycles. The SMILES string of the molecule is CC(C)C(O)CNc1cc2[nH]c(=O)oc2cc1N. The summed E-state index contributed by atoms with van der Waals surface area (Å²) in [5.41, 5.74) is 7.98. The molecule has 2 rings (SSSR count). The average Bonchev–Trinajstić information content (AvgIpc) is 2.64. The third-order valence-electron chi connectivity index (χ3n) is 2.86. The van der Waals surface area contributed by atoms with Crippen molar-refractivity contribution in [3.8, 4) is 0 Å². The van der Waals surface area contributed by atoms with Gasteiger partial charge in [-0.15, -0.1) is 0 Å². The van der Waals surface area contributed by atoms with Crippen LogP contribution in [0.25, 0.3) is 11.1 Å². The first kappa shape index (κ1) is 12.5. The second kappa shape index (κ2) is 4.73. The standard InChI is InChI=1S/C12H17N3O3/c1-6(2)10(16)5-14-8-4-9-11(3-7(8)13)18-12(17)15-9/h3-4,6,10,14,16H,5,13H2,1-2H3,(H,15,17).